The minimum absolute atomic E-state index is 0.0790. The molecule has 0 spiro atoms. The number of nitro groups is 1. The molecule has 2 rings (SSSR count). The molecular weight excluding hydrogens is 292 g/mol. The second-order valence-corrected chi connectivity index (χ2v) is 4.84. The third kappa shape index (κ3) is 4.40. The Morgan fingerprint density at radius 2 is 2.27 bits per heavy atom. The van der Waals surface area contributed by atoms with Gasteiger partial charge in [-0.25, -0.2) is 0 Å². The Labute approximate surface area is 127 Å². The lowest BCUT2D eigenvalue weighted by molar-refractivity contribution is -0.385. The van der Waals surface area contributed by atoms with Gasteiger partial charge >= 0.3 is 11.7 Å². The average molecular weight is 310 g/mol. The van der Waals surface area contributed by atoms with E-state index in [9.17, 15) is 14.9 Å². The van der Waals surface area contributed by atoms with E-state index in [2.05, 4.69) is 4.74 Å². The number of ether oxygens (including phenoxy) is 3. The summed E-state index contributed by atoms with van der Waals surface area (Å²) in [6, 6.07) is 6.20. The van der Waals surface area contributed by atoms with Crippen LogP contribution >= 0.6 is 0 Å². The van der Waals surface area contributed by atoms with Crippen LogP contribution < -0.4 is 4.74 Å². The van der Waals surface area contributed by atoms with Crippen molar-refractivity contribution in [1.29, 1.82) is 0 Å². The number of rotatable bonds is 6. The molecule has 0 radical (unpaired) electrons. The predicted octanol–water partition coefficient (Wildman–Crippen LogP) is 0.847. The monoisotopic (exact) mass is 310 g/mol. The van der Waals surface area contributed by atoms with E-state index >= 15 is 0 Å². The predicted molar refractivity (Wildman–Crippen MR) is 76.8 cm³/mol. The van der Waals surface area contributed by atoms with Crippen LogP contribution in [0.5, 0.6) is 5.75 Å². The van der Waals surface area contributed by atoms with Crippen LogP contribution in [0, 0.1) is 10.1 Å². The quantitative estimate of drug-likeness (QED) is 0.437. The molecule has 8 heteroatoms. The van der Waals surface area contributed by atoms with E-state index in [0.29, 0.717) is 19.7 Å². The van der Waals surface area contributed by atoms with E-state index in [1.54, 1.807) is 18.2 Å². The number of nitrogens with zero attached hydrogens (tertiary/aromatic N) is 2. The van der Waals surface area contributed by atoms with Crippen molar-refractivity contribution in [2.75, 3.05) is 40.0 Å². The molecule has 22 heavy (non-hydrogen) atoms. The van der Waals surface area contributed by atoms with Crippen molar-refractivity contribution >= 4 is 11.7 Å². The fourth-order valence-corrected chi connectivity index (χ4v) is 2.18. The van der Waals surface area contributed by atoms with Crippen LogP contribution in [0.4, 0.5) is 5.69 Å². The van der Waals surface area contributed by atoms with Gasteiger partial charge in [0, 0.05) is 19.2 Å². The van der Waals surface area contributed by atoms with Crippen molar-refractivity contribution < 1.29 is 23.9 Å². The Morgan fingerprint density at radius 1 is 1.50 bits per heavy atom. The molecule has 0 bridgehead atoms. The second-order valence-electron chi connectivity index (χ2n) is 4.84. The Hall–Kier alpha value is -2.19. The molecule has 1 saturated heterocycles. The van der Waals surface area contributed by atoms with E-state index in [1.165, 1.54) is 13.2 Å². The molecule has 1 unspecified atom stereocenters. The van der Waals surface area contributed by atoms with Crippen molar-refractivity contribution in [3.05, 3.63) is 34.4 Å². The number of para-hydroxylation sites is 2. The van der Waals surface area contributed by atoms with Crippen molar-refractivity contribution in [1.82, 2.24) is 4.90 Å². The zero-order valence-corrected chi connectivity index (χ0v) is 12.3. The Kier molecular flexibility index (Phi) is 5.68. The first kappa shape index (κ1) is 16.2. The SMILES string of the molecule is COC(=O)CN1CCOC(COc2ccccc2[N+](=O)[O-])C1. The zero-order valence-electron chi connectivity index (χ0n) is 12.3. The number of nitro benzene ring substituents is 1. The summed E-state index contributed by atoms with van der Waals surface area (Å²) in [5, 5.41) is 10.9. The standard InChI is InChI=1S/C14H18N2O6/c1-20-14(17)9-15-6-7-21-11(8-15)10-22-13-5-3-2-4-12(13)16(18)19/h2-5,11H,6-10H2,1H3. The van der Waals surface area contributed by atoms with Gasteiger partial charge in [0.25, 0.3) is 0 Å². The molecule has 120 valence electrons. The van der Waals surface area contributed by atoms with Gasteiger partial charge in [-0.05, 0) is 6.07 Å². The zero-order chi connectivity index (χ0) is 15.9. The summed E-state index contributed by atoms with van der Waals surface area (Å²) in [6.07, 6.45) is -0.252. The highest BCUT2D eigenvalue weighted by Crippen LogP contribution is 2.26. The number of carbonyl (C=O) groups excluding carboxylic acids is 1. The van der Waals surface area contributed by atoms with Gasteiger partial charge in [0.1, 0.15) is 12.7 Å². The summed E-state index contributed by atoms with van der Waals surface area (Å²) in [5.41, 5.74) is -0.0790. The maximum atomic E-state index is 11.3. The van der Waals surface area contributed by atoms with Crippen LogP contribution in [-0.4, -0.2) is 61.9 Å². The maximum Gasteiger partial charge on any atom is 0.319 e. The van der Waals surface area contributed by atoms with Crippen molar-refractivity contribution in [2.24, 2.45) is 0 Å². The van der Waals surface area contributed by atoms with Crippen LogP contribution in [-0.2, 0) is 14.3 Å². The van der Waals surface area contributed by atoms with Crippen molar-refractivity contribution in [3.8, 4) is 5.75 Å². The number of methoxy groups -OCH3 is 1. The van der Waals surface area contributed by atoms with E-state index in [1.807, 2.05) is 4.90 Å². The van der Waals surface area contributed by atoms with Crippen LogP contribution in [0.25, 0.3) is 0 Å². The molecule has 1 aliphatic heterocycles. The average Bonchev–Trinajstić information content (AvgIpc) is 2.53. The van der Waals surface area contributed by atoms with E-state index in [0.717, 1.165) is 0 Å². The van der Waals surface area contributed by atoms with Gasteiger partial charge < -0.3 is 14.2 Å². The molecule has 1 heterocycles. The Bertz CT molecular complexity index is 536. The molecule has 0 aromatic heterocycles. The summed E-state index contributed by atoms with van der Waals surface area (Å²) in [4.78, 5) is 23.6. The highest BCUT2D eigenvalue weighted by Gasteiger charge is 2.24. The number of morpholine rings is 1. The molecule has 0 N–H and O–H groups in total. The number of esters is 1. The first-order chi connectivity index (χ1) is 10.6. The van der Waals surface area contributed by atoms with E-state index in [-0.39, 0.29) is 36.7 Å². The van der Waals surface area contributed by atoms with Crippen molar-refractivity contribution in [3.63, 3.8) is 0 Å². The summed E-state index contributed by atoms with van der Waals surface area (Å²) in [7, 11) is 1.35. The van der Waals surface area contributed by atoms with E-state index in [4.69, 9.17) is 9.47 Å². The summed E-state index contributed by atoms with van der Waals surface area (Å²) < 4.78 is 15.7. The van der Waals surface area contributed by atoms with Gasteiger partial charge in [0.15, 0.2) is 5.75 Å². The number of hydrogen-bond donors (Lipinski definition) is 0. The Balaban J connectivity index is 1.89. The molecule has 1 fully saturated rings. The minimum Gasteiger partial charge on any atom is -0.484 e. The molecule has 0 aliphatic carbocycles. The molecule has 1 aromatic carbocycles. The third-order valence-electron chi connectivity index (χ3n) is 3.29. The van der Waals surface area contributed by atoms with Gasteiger partial charge in [-0.3, -0.25) is 19.8 Å². The summed E-state index contributed by atoms with van der Waals surface area (Å²) >= 11 is 0. The Morgan fingerprint density at radius 3 is 3.00 bits per heavy atom. The van der Waals surface area contributed by atoms with Crippen LogP contribution in [0.1, 0.15) is 0 Å². The molecule has 8 nitrogen and oxygen atoms in total. The molecule has 1 aliphatic rings. The van der Waals surface area contributed by atoms with Gasteiger partial charge in [-0.1, -0.05) is 12.1 Å². The molecular formula is C14H18N2O6. The molecule has 1 atom stereocenters. The smallest absolute Gasteiger partial charge is 0.319 e. The lowest BCUT2D eigenvalue weighted by Gasteiger charge is -2.31. The molecule has 1 aromatic rings. The van der Waals surface area contributed by atoms with E-state index < -0.39 is 4.92 Å². The highest BCUT2D eigenvalue weighted by atomic mass is 16.6. The normalized spacial score (nSPS) is 18.7. The molecule has 0 saturated carbocycles. The first-order valence-corrected chi connectivity index (χ1v) is 6.87. The first-order valence-electron chi connectivity index (χ1n) is 6.87. The minimum atomic E-state index is -0.485. The van der Waals surface area contributed by atoms with Gasteiger partial charge in [0.2, 0.25) is 0 Å². The summed E-state index contributed by atoms with van der Waals surface area (Å²) in [5.74, 6) is -0.0959. The van der Waals surface area contributed by atoms with Crippen LogP contribution in [0.2, 0.25) is 0 Å². The third-order valence-corrected chi connectivity index (χ3v) is 3.29. The maximum absolute atomic E-state index is 11.3. The number of carbonyl (C=O) groups is 1. The number of hydrogen-bond acceptors (Lipinski definition) is 7. The summed E-state index contributed by atoms with van der Waals surface area (Å²) in [6.45, 7) is 2.00. The lowest BCUT2D eigenvalue weighted by atomic mass is 10.2. The van der Waals surface area contributed by atoms with Crippen LogP contribution in [0.15, 0.2) is 24.3 Å². The van der Waals surface area contributed by atoms with Crippen molar-refractivity contribution in [2.45, 2.75) is 6.10 Å². The van der Waals surface area contributed by atoms with Crippen LogP contribution in [0.3, 0.4) is 0 Å². The second kappa shape index (κ2) is 7.71. The fraction of sp³-hybridized carbons (Fsp3) is 0.500. The largest absolute Gasteiger partial charge is 0.484 e. The number of benzene rings is 1. The van der Waals surface area contributed by atoms with Gasteiger partial charge in [-0.2, -0.15) is 0 Å². The van der Waals surface area contributed by atoms with Gasteiger partial charge in [-0.15, -0.1) is 0 Å². The fourth-order valence-electron chi connectivity index (χ4n) is 2.18. The molecule has 0 amide bonds. The van der Waals surface area contributed by atoms with Gasteiger partial charge in [0.05, 0.1) is 25.2 Å². The topological polar surface area (TPSA) is 91.1 Å². The highest BCUT2D eigenvalue weighted by molar-refractivity contribution is 5.71. The lowest BCUT2D eigenvalue weighted by Crippen LogP contribution is -2.46.